The van der Waals surface area contributed by atoms with Crippen molar-refractivity contribution in [1.29, 1.82) is 0 Å². The highest BCUT2D eigenvalue weighted by molar-refractivity contribution is 5.88. The van der Waals surface area contributed by atoms with Crippen LogP contribution in [0.4, 0.5) is 10.6 Å². The Morgan fingerprint density at radius 2 is 1.92 bits per heavy atom. The molecule has 3 N–H and O–H groups in total. The Labute approximate surface area is 147 Å². The number of amides is 2. The Morgan fingerprint density at radius 3 is 2.68 bits per heavy atom. The minimum Gasteiger partial charge on any atom is -0.390 e. The number of aromatic nitrogens is 2. The summed E-state index contributed by atoms with van der Waals surface area (Å²) in [5, 5.41) is 19.8. The molecule has 1 aliphatic heterocycles. The molecule has 1 aliphatic rings. The van der Waals surface area contributed by atoms with Gasteiger partial charge in [0.15, 0.2) is 5.82 Å². The maximum Gasteiger partial charge on any atom is 0.320 e. The maximum absolute atomic E-state index is 12.0. The van der Waals surface area contributed by atoms with Gasteiger partial charge in [0, 0.05) is 25.4 Å². The molecule has 1 saturated heterocycles. The molecule has 7 nitrogen and oxygen atoms in total. The summed E-state index contributed by atoms with van der Waals surface area (Å²) >= 11 is 0. The van der Waals surface area contributed by atoms with Gasteiger partial charge in [0.2, 0.25) is 0 Å². The van der Waals surface area contributed by atoms with E-state index >= 15 is 0 Å². The van der Waals surface area contributed by atoms with Crippen LogP contribution < -0.4 is 10.6 Å². The number of rotatable bonds is 6. The summed E-state index contributed by atoms with van der Waals surface area (Å²) in [5.74, 6) is 0.465. The third kappa shape index (κ3) is 5.30. The Kier molecular flexibility index (Phi) is 6.03. The summed E-state index contributed by atoms with van der Waals surface area (Å²) in [5.41, 5.74) is 0.924. The molecule has 1 aromatic heterocycles. The fourth-order valence-electron chi connectivity index (χ4n) is 2.99. The van der Waals surface area contributed by atoms with Crippen molar-refractivity contribution < 1.29 is 9.90 Å². The molecule has 0 aliphatic carbocycles. The van der Waals surface area contributed by atoms with E-state index < -0.39 is 6.10 Å². The van der Waals surface area contributed by atoms with E-state index in [1.54, 1.807) is 16.9 Å². The molecular formula is C18H25N5O2. The van der Waals surface area contributed by atoms with Crippen molar-refractivity contribution in [2.75, 3.05) is 31.5 Å². The third-order valence-corrected chi connectivity index (χ3v) is 4.27. The Morgan fingerprint density at radius 1 is 1.16 bits per heavy atom. The minimum atomic E-state index is -0.564. The highest BCUT2D eigenvalue weighted by Crippen LogP contribution is 2.10. The van der Waals surface area contributed by atoms with Crippen molar-refractivity contribution in [3.8, 4) is 5.69 Å². The molecule has 1 atom stereocenters. The number of piperidine rings is 1. The molecule has 25 heavy (non-hydrogen) atoms. The van der Waals surface area contributed by atoms with Crippen LogP contribution in [0.5, 0.6) is 0 Å². The standard InChI is InChI=1S/C18H25N5O2/c24-16(14-22-10-5-2-6-11-22)13-19-18(25)20-17-9-12-23(21-17)15-7-3-1-4-8-15/h1,3-4,7-9,12,16,24H,2,5-6,10-11,13-14H2,(H2,19,20,21,25)/t16-/m0/s1. The number of hydrogen-bond acceptors (Lipinski definition) is 4. The van der Waals surface area contributed by atoms with Crippen molar-refractivity contribution >= 4 is 11.8 Å². The highest BCUT2D eigenvalue weighted by Gasteiger charge is 2.15. The molecule has 2 heterocycles. The number of nitrogens with one attached hydrogen (secondary N) is 2. The number of aliphatic hydroxyl groups is 1. The predicted molar refractivity (Wildman–Crippen MR) is 96.9 cm³/mol. The number of carbonyl (C=O) groups excluding carboxylic acids is 1. The molecule has 7 heteroatoms. The van der Waals surface area contributed by atoms with Crippen molar-refractivity contribution in [3.05, 3.63) is 42.6 Å². The van der Waals surface area contributed by atoms with Crippen molar-refractivity contribution in [2.45, 2.75) is 25.4 Å². The third-order valence-electron chi connectivity index (χ3n) is 4.27. The van der Waals surface area contributed by atoms with Crippen LogP contribution in [0.15, 0.2) is 42.6 Å². The van der Waals surface area contributed by atoms with Gasteiger partial charge in [-0.25, -0.2) is 9.48 Å². The van der Waals surface area contributed by atoms with Gasteiger partial charge in [0.1, 0.15) is 0 Å². The highest BCUT2D eigenvalue weighted by atomic mass is 16.3. The van der Waals surface area contributed by atoms with Crippen LogP contribution in [-0.2, 0) is 0 Å². The largest absolute Gasteiger partial charge is 0.390 e. The zero-order valence-corrected chi connectivity index (χ0v) is 14.3. The summed E-state index contributed by atoms with van der Waals surface area (Å²) in [4.78, 5) is 14.2. The van der Waals surface area contributed by atoms with Gasteiger partial charge in [-0.1, -0.05) is 24.6 Å². The van der Waals surface area contributed by atoms with Crippen LogP contribution in [0.25, 0.3) is 5.69 Å². The van der Waals surface area contributed by atoms with Gasteiger partial charge in [-0.15, -0.1) is 5.10 Å². The van der Waals surface area contributed by atoms with Crippen LogP contribution >= 0.6 is 0 Å². The van der Waals surface area contributed by atoms with E-state index in [9.17, 15) is 9.90 Å². The van der Waals surface area contributed by atoms with Crippen LogP contribution in [-0.4, -0.2) is 58.1 Å². The number of para-hydroxylation sites is 1. The molecule has 0 bridgehead atoms. The van der Waals surface area contributed by atoms with Gasteiger partial charge in [-0.3, -0.25) is 5.32 Å². The molecule has 3 rings (SSSR count). The number of nitrogens with zero attached hydrogens (tertiary/aromatic N) is 3. The van der Waals surface area contributed by atoms with Crippen LogP contribution in [0, 0.1) is 0 Å². The van der Waals surface area contributed by atoms with Crippen molar-refractivity contribution in [3.63, 3.8) is 0 Å². The van der Waals surface area contributed by atoms with Gasteiger partial charge in [0.25, 0.3) is 0 Å². The number of urea groups is 1. The van der Waals surface area contributed by atoms with Crippen LogP contribution in [0.3, 0.4) is 0 Å². The molecule has 1 fully saturated rings. The van der Waals surface area contributed by atoms with Gasteiger partial charge in [-0.2, -0.15) is 0 Å². The van der Waals surface area contributed by atoms with E-state index in [4.69, 9.17) is 0 Å². The number of benzene rings is 1. The Balaban J connectivity index is 1.42. The van der Waals surface area contributed by atoms with Gasteiger partial charge in [0.05, 0.1) is 11.8 Å². The first-order valence-corrected chi connectivity index (χ1v) is 8.77. The van der Waals surface area contributed by atoms with E-state index in [2.05, 4.69) is 20.6 Å². The predicted octanol–water partition coefficient (Wildman–Crippen LogP) is 1.84. The number of carbonyl (C=O) groups is 1. The summed E-state index contributed by atoms with van der Waals surface area (Å²) in [7, 11) is 0. The molecule has 134 valence electrons. The average Bonchev–Trinajstić information content (AvgIpc) is 3.10. The first kappa shape index (κ1) is 17.4. The second-order valence-corrected chi connectivity index (χ2v) is 6.33. The molecule has 0 radical (unpaired) electrons. The zero-order valence-electron chi connectivity index (χ0n) is 14.3. The second kappa shape index (κ2) is 8.64. The first-order valence-electron chi connectivity index (χ1n) is 8.77. The van der Waals surface area contributed by atoms with Crippen LogP contribution in [0.2, 0.25) is 0 Å². The number of anilines is 1. The molecule has 0 spiro atoms. The van der Waals surface area contributed by atoms with E-state index in [0.29, 0.717) is 12.4 Å². The summed E-state index contributed by atoms with van der Waals surface area (Å²) in [6.45, 7) is 2.88. The van der Waals surface area contributed by atoms with Crippen molar-refractivity contribution in [2.24, 2.45) is 0 Å². The molecule has 2 amide bonds. The fourth-order valence-corrected chi connectivity index (χ4v) is 2.99. The summed E-state index contributed by atoms with van der Waals surface area (Å²) in [6.07, 6.45) is 4.86. The summed E-state index contributed by atoms with van der Waals surface area (Å²) in [6, 6.07) is 11.0. The molecule has 1 aromatic carbocycles. The quantitative estimate of drug-likeness (QED) is 0.747. The van der Waals surface area contributed by atoms with E-state index in [0.717, 1.165) is 18.8 Å². The molecular weight excluding hydrogens is 318 g/mol. The lowest BCUT2D eigenvalue weighted by Crippen LogP contribution is -2.43. The number of β-amino-alcohol motifs (C(OH)–C–C–N with tert-alkyl or cyclic N) is 1. The SMILES string of the molecule is O=C(NC[C@H](O)CN1CCCCC1)Nc1ccn(-c2ccccc2)n1. The van der Waals surface area contributed by atoms with Crippen LogP contribution in [0.1, 0.15) is 19.3 Å². The number of hydrogen-bond donors (Lipinski definition) is 3. The monoisotopic (exact) mass is 343 g/mol. The minimum absolute atomic E-state index is 0.224. The van der Waals surface area contributed by atoms with Crippen molar-refractivity contribution in [1.82, 2.24) is 20.0 Å². The smallest absolute Gasteiger partial charge is 0.320 e. The van der Waals surface area contributed by atoms with E-state index in [-0.39, 0.29) is 12.6 Å². The lowest BCUT2D eigenvalue weighted by molar-refractivity contribution is 0.102. The maximum atomic E-state index is 12.0. The van der Waals surface area contributed by atoms with E-state index in [1.807, 2.05) is 30.3 Å². The average molecular weight is 343 g/mol. The van der Waals surface area contributed by atoms with Gasteiger partial charge in [-0.05, 0) is 38.1 Å². The second-order valence-electron chi connectivity index (χ2n) is 6.33. The zero-order chi connectivity index (χ0) is 17.5. The lowest BCUT2D eigenvalue weighted by Gasteiger charge is -2.28. The molecule has 2 aromatic rings. The van der Waals surface area contributed by atoms with Gasteiger partial charge < -0.3 is 15.3 Å². The lowest BCUT2D eigenvalue weighted by atomic mass is 10.1. The molecule has 0 unspecified atom stereocenters. The van der Waals surface area contributed by atoms with Gasteiger partial charge >= 0.3 is 6.03 Å². The Hall–Kier alpha value is -2.38. The fraction of sp³-hybridized carbons (Fsp3) is 0.444. The topological polar surface area (TPSA) is 82.4 Å². The number of likely N-dealkylation sites (tertiary alicyclic amines) is 1. The number of aliphatic hydroxyl groups excluding tert-OH is 1. The first-order chi connectivity index (χ1) is 12.2. The Bertz CT molecular complexity index is 667. The normalized spacial score (nSPS) is 16.4. The summed E-state index contributed by atoms with van der Waals surface area (Å²) < 4.78 is 1.70. The molecule has 0 saturated carbocycles. The van der Waals surface area contributed by atoms with E-state index in [1.165, 1.54) is 19.3 Å².